The average Bonchev–Trinajstić information content (AvgIpc) is 3.60. The highest BCUT2D eigenvalue weighted by molar-refractivity contribution is 7.18. The van der Waals surface area contributed by atoms with E-state index in [1.54, 1.807) is 0 Å². The van der Waals surface area contributed by atoms with Crippen molar-refractivity contribution in [2.45, 2.75) is 25.7 Å². The maximum atomic E-state index is 11.5. The molecule has 228 valence electrons. The number of para-hydroxylation sites is 2. The summed E-state index contributed by atoms with van der Waals surface area (Å²) in [5.74, 6) is -1.20. The van der Waals surface area contributed by atoms with Crippen LogP contribution in [0.15, 0.2) is 139 Å². The summed E-state index contributed by atoms with van der Waals surface area (Å²) >= 11 is 1.82. The van der Waals surface area contributed by atoms with E-state index in [4.69, 9.17) is 0 Å². The summed E-state index contributed by atoms with van der Waals surface area (Å²) in [6, 6.07) is 49.1. The Labute approximate surface area is 279 Å². The minimum absolute atomic E-state index is 0.242. The summed E-state index contributed by atoms with van der Waals surface area (Å²) < 4.78 is 0. The average molecular weight is 629 g/mol. The SMILES string of the molecule is N#C/C(=C/c1cc2ccc1CCc1ccc(c(-c3ccc(-c4ccc(N(c5ccccc5)c5ccccc5)cc4)s3)c1)CC2)C(=O)O. The molecule has 0 aliphatic heterocycles. The minimum Gasteiger partial charge on any atom is -0.477 e. The molecular weight excluding hydrogens is 597 g/mol. The Balaban J connectivity index is 1.17. The zero-order valence-corrected chi connectivity index (χ0v) is 26.6. The number of carbonyl (C=O) groups is 1. The molecule has 0 radical (unpaired) electrons. The van der Waals surface area contributed by atoms with Crippen molar-refractivity contribution >= 4 is 40.4 Å². The smallest absolute Gasteiger partial charge is 0.346 e. The molecule has 1 aromatic heterocycles. The van der Waals surface area contributed by atoms with Gasteiger partial charge in [0.1, 0.15) is 11.6 Å². The van der Waals surface area contributed by atoms with Crippen LogP contribution in [0.25, 0.3) is 27.0 Å². The predicted molar refractivity (Wildman–Crippen MR) is 192 cm³/mol. The molecule has 4 nitrogen and oxygen atoms in total. The summed E-state index contributed by atoms with van der Waals surface area (Å²) in [6.07, 6.45) is 4.77. The van der Waals surface area contributed by atoms with E-state index < -0.39 is 5.97 Å². The maximum absolute atomic E-state index is 11.5. The Bertz CT molecular complexity index is 2080. The zero-order valence-electron chi connectivity index (χ0n) is 25.8. The molecule has 1 heterocycles. The molecule has 0 saturated heterocycles. The number of hydrogen-bond donors (Lipinski definition) is 1. The molecule has 10 rings (SSSR count). The fourth-order valence-corrected chi connectivity index (χ4v) is 7.32. The standard InChI is InChI=1S/C42H32N2O2S/c43-28-35(42(45)46)27-34-25-29-11-15-31(34)16-12-30-14-18-32(17-13-29)39(26-30)41-24-23-40(47-41)33-19-21-38(22-20-33)44(36-7-3-1-4-8-36)37-9-5-2-6-10-37/h1-11,14-15,18-27H,12-13,16-17H2,(H,45,46)/b35-27-. The summed E-state index contributed by atoms with van der Waals surface area (Å²) in [6.45, 7) is 0. The number of nitrogens with zero attached hydrogens (tertiary/aromatic N) is 2. The monoisotopic (exact) mass is 628 g/mol. The molecule has 0 amide bonds. The molecule has 47 heavy (non-hydrogen) atoms. The Kier molecular flexibility index (Phi) is 8.51. The highest BCUT2D eigenvalue weighted by atomic mass is 32.1. The molecule has 5 heteroatoms. The van der Waals surface area contributed by atoms with Crippen LogP contribution in [0, 0.1) is 11.3 Å². The maximum Gasteiger partial charge on any atom is 0.346 e. The van der Waals surface area contributed by atoms with E-state index in [-0.39, 0.29) is 5.57 Å². The molecule has 5 aromatic carbocycles. The van der Waals surface area contributed by atoms with Crippen molar-refractivity contribution in [3.8, 4) is 27.0 Å². The first kappa shape index (κ1) is 30.0. The molecule has 4 aliphatic carbocycles. The van der Waals surface area contributed by atoms with Crippen LogP contribution in [-0.4, -0.2) is 11.1 Å². The fraction of sp³-hybridized carbons (Fsp3) is 0.0952. The van der Waals surface area contributed by atoms with Crippen LogP contribution in [-0.2, 0) is 30.5 Å². The number of aliphatic carboxylic acids is 1. The summed E-state index contributed by atoms with van der Waals surface area (Å²) in [5.41, 5.74) is 11.1. The van der Waals surface area contributed by atoms with Crippen LogP contribution in [0.5, 0.6) is 0 Å². The van der Waals surface area contributed by atoms with Gasteiger partial charge in [0.15, 0.2) is 0 Å². The number of aryl methyl sites for hydroxylation is 4. The molecule has 1 N–H and O–H groups in total. The first-order valence-corrected chi connectivity index (χ1v) is 16.6. The lowest BCUT2D eigenvalue weighted by atomic mass is 9.90. The predicted octanol–water partition coefficient (Wildman–Crippen LogP) is 10.4. The third-order valence-electron chi connectivity index (χ3n) is 8.71. The van der Waals surface area contributed by atoms with Gasteiger partial charge in [-0.05, 0) is 119 Å². The van der Waals surface area contributed by atoms with Gasteiger partial charge in [0.25, 0.3) is 0 Å². The van der Waals surface area contributed by atoms with E-state index in [2.05, 4.69) is 120 Å². The van der Waals surface area contributed by atoms with Crippen LogP contribution < -0.4 is 4.90 Å². The van der Waals surface area contributed by atoms with Gasteiger partial charge in [-0.3, -0.25) is 0 Å². The van der Waals surface area contributed by atoms with Crippen LogP contribution in [0.2, 0.25) is 0 Å². The third kappa shape index (κ3) is 6.51. The number of thiophene rings is 1. The van der Waals surface area contributed by atoms with E-state index >= 15 is 0 Å². The Morgan fingerprint density at radius 1 is 0.660 bits per heavy atom. The Hall–Kier alpha value is -5.70. The van der Waals surface area contributed by atoms with Crippen molar-refractivity contribution in [1.82, 2.24) is 0 Å². The first-order valence-electron chi connectivity index (χ1n) is 15.8. The van der Waals surface area contributed by atoms with E-state index in [0.29, 0.717) is 0 Å². The van der Waals surface area contributed by atoms with Gasteiger partial charge >= 0.3 is 5.97 Å². The largest absolute Gasteiger partial charge is 0.477 e. The number of carboxylic acids is 1. The van der Waals surface area contributed by atoms with Crippen molar-refractivity contribution in [3.05, 3.63) is 167 Å². The van der Waals surface area contributed by atoms with Gasteiger partial charge in [0, 0.05) is 26.8 Å². The second-order valence-corrected chi connectivity index (χ2v) is 12.8. The lowest BCUT2D eigenvalue weighted by Crippen LogP contribution is -2.09. The molecule has 0 spiro atoms. The molecule has 4 aliphatic rings. The van der Waals surface area contributed by atoms with Gasteiger partial charge in [0.05, 0.1) is 0 Å². The first-order chi connectivity index (χ1) is 23.1. The van der Waals surface area contributed by atoms with Crippen molar-refractivity contribution in [1.29, 1.82) is 5.26 Å². The topological polar surface area (TPSA) is 64.3 Å². The normalized spacial score (nSPS) is 12.6. The van der Waals surface area contributed by atoms with E-state index in [1.807, 2.05) is 35.6 Å². The fourth-order valence-electron chi connectivity index (χ4n) is 6.26. The summed E-state index contributed by atoms with van der Waals surface area (Å²) in [5, 5.41) is 18.8. The Morgan fingerprint density at radius 2 is 1.23 bits per heavy atom. The molecule has 0 atom stereocenters. The quantitative estimate of drug-likeness (QED) is 0.141. The van der Waals surface area contributed by atoms with Crippen LogP contribution in [0.3, 0.4) is 0 Å². The van der Waals surface area contributed by atoms with Gasteiger partial charge < -0.3 is 10.0 Å². The lowest BCUT2D eigenvalue weighted by Gasteiger charge is -2.25. The number of carboxylic acid groups (broad SMARTS) is 1. The van der Waals surface area contributed by atoms with Gasteiger partial charge in [-0.25, -0.2) is 4.79 Å². The van der Waals surface area contributed by atoms with E-state index in [1.165, 1.54) is 38.1 Å². The summed E-state index contributed by atoms with van der Waals surface area (Å²) in [4.78, 5) is 16.3. The van der Waals surface area contributed by atoms with Gasteiger partial charge in [-0.2, -0.15) is 5.26 Å². The molecule has 0 saturated carbocycles. The number of hydrogen-bond acceptors (Lipinski definition) is 4. The number of rotatable bonds is 7. The molecule has 6 aromatic rings. The number of benzene rings is 5. The van der Waals surface area contributed by atoms with Gasteiger partial charge in [-0.1, -0.05) is 84.9 Å². The molecule has 0 fully saturated rings. The molecular formula is C42H32N2O2S. The van der Waals surface area contributed by atoms with Crippen molar-refractivity contribution < 1.29 is 9.90 Å². The minimum atomic E-state index is -1.20. The summed E-state index contributed by atoms with van der Waals surface area (Å²) in [7, 11) is 0. The van der Waals surface area contributed by atoms with Crippen LogP contribution in [0.1, 0.15) is 27.8 Å². The van der Waals surface area contributed by atoms with Crippen molar-refractivity contribution in [2.24, 2.45) is 0 Å². The molecule has 0 unspecified atom stereocenters. The Morgan fingerprint density at radius 3 is 1.87 bits per heavy atom. The highest BCUT2D eigenvalue weighted by Crippen LogP contribution is 2.40. The third-order valence-corrected chi connectivity index (χ3v) is 9.88. The van der Waals surface area contributed by atoms with Crippen LogP contribution >= 0.6 is 11.3 Å². The molecule has 4 bridgehead atoms. The number of anilines is 3. The second-order valence-electron chi connectivity index (χ2n) is 11.7. The van der Waals surface area contributed by atoms with E-state index in [0.717, 1.165) is 59.4 Å². The number of nitriles is 1. The van der Waals surface area contributed by atoms with Crippen molar-refractivity contribution in [3.63, 3.8) is 0 Å². The van der Waals surface area contributed by atoms with E-state index in [9.17, 15) is 15.2 Å². The zero-order chi connectivity index (χ0) is 32.2. The highest BCUT2D eigenvalue weighted by Gasteiger charge is 2.16. The second kappa shape index (κ2) is 13.3. The van der Waals surface area contributed by atoms with Gasteiger partial charge in [0.2, 0.25) is 0 Å². The van der Waals surface area contributed by atoms with Crippen molar-refractivity contribution in [2.75, 3.05) is 4.90 Å². The lowest BCUT2D eigenvalue weighted by molar-refractivity contribution is -0.132. The van der Waals surface area contributed by atoms with Crippen LogP contribution in [0.4, 0.5) is 17.1 Å². The van der Waals surface area contributed by atoms with Gasteiger partial charge in [-0.15, -0.1) is 11.3 Å².